The maximum Gasteiger partial charge on any atom is 0.140 e. The van der Waals surface area contributed by atoms with E-state index in [1.807, 2.05) is 25.1 Å². The van der Waals surface area contributed by atoms with Gasteiger partial charge in [-0.15, -0.1) is 0 Å². The first kappa shape index (κ1) is 10.8. The van der Waals surface area contributed by atoms with Crippen LogP contribution in [0.25, 0.3) is 0 Å². The number of ether oxygens (including phenoxy) is 1. The highest BCUT2D eigenvalue weighted by molar-refractivity contribution is 5.54. The summed E-state index contributed by atoms with van der Waals surface area (Å²) in [4.78, 5) is 0. The third kappa shape index (κ3) is 2.59. The summed E-state index contributed by atoms with van der Waals surface area (Å²) in [7, 11) is 0. The third-order valence-electron chi connectivity index (χ3n) is 1.79. The molecule has 0 unspecified atom stereocenters. The highest BCUT2D eigenvalue weighted by Crippen LogP contribution is 2.19. The first-order chi connectivity index (χ1) is 7.33. The highest BCUT2D eigenvalue weighted by Gasteiger charge is 2.10. The molecule has 0 aromatic heterocycles. The standard InChI is InChI=1S/C12H10N2O/c1-2-15-12-7-5-3-4-6-11(12)10(8-13)9-14/h3-7H,2H2,1H3. The van der Waals surface area contributed by atoms with Crippen LogP contribution in [-0.4, -0.2) is 6.61 Å². The number of allylic oxidation sites excluding steroid dienone is 6. The van der Waals surface area contributed by atoms with Crippen molar-refractivity contribution in [2.45, 2.75) is 6.92 Å². The molecule has 0 fully saturated rings. The average Bonchev–Trinajstić information content (AvgIpc) is 2.47. The molecule has 0 atom stereocenters. The molecule has 0 bridgehead atoms. The molecule has 74 valence electrons. The Labute approximate surface area is 88.9 Å². The van der Waals surface area contributed by atoms with Crippen LogP contribution in [0.4, 0.5) is 0 Å². The van der Waals surface area contributed by atoms with E-state index >= 15 is 0 Å². The quantitative estimate of drug-likeness (QED) is 0.640. The van der Waals surface area contributed by atoms with E-state index in [0.29, 0.717) is 17.9 Å². The fraction of sp³-hybridized carbons (Fsp3) is 0.167. The molecule has 0 heterocycles. The molecule has 0 aromatic carbocycles. The summed E-state index contributed by atoms with van der Waals surface area (Å²) < 4.78 is 5.36. The Morgan fingerprint density at radius 3 is 2.60 bits per heavy atom. The van der Waals surface area contributed by atoms with Crippen molar-refractivity contribution in [1.82, 2.24) is 0 Å². The molecule has 3 nitrogen and oxygen atoms in total. The molecular formula is C12H10N2O. The number of rotatable bonds is 2. The van der Waals surface area contributed by atoms with Gasteiger partial charge in [0.15, 0.2) is 0 Å². The molecule has 3 heteroatoms. The maximum atomic E-state index is 8.79. The molecule has 0 saturated heterocycles. The second-order valence-corrected chi connectivity index (χ2v) is 2.72. The molecule has 0 N–H and O–H groups in total. The smallest absolute Gasteiger partial charge is 0.140 e. The molecule has 1 aliphatic carbocycles. The Morgan fingerprint density at radius 1 is 1.27 bits per heavy atom. The molecule has 0 aromatic rings. The molecule has 15 heavy (non-hydrogen) atoms. The van der Waals surface area contributed by atoms with Gasteiger partial charge in [0.1, 0.15) is 23.5 Å². The first-order valence-corrected chi connectivity index (χ1v) is 4.56. The van der Waals surface area contributed by atoms with Crippen LogP contribution in [0.15, 0.2) is 47.3 Å². The average molecular weight is 198 g/mol. The van der Waals surface area contributed by atoms with Gasteiger partial charge in [-0.1, -0.05) is 18.2 Å². The Morgan fingerprint density at radius 2 is 2.00 bits per heavy atom. The van der Waals surface area contributed by atoms with Gasteiger partial charge in [0.25, 0.3) is 0 Å². The van der Waals surface area contributed by atoms with Gasteiger partial charge in [0.05, 0.1) is 6.61 Å². The molecule has 0 aliphatic heterocycles. The minimum Gasteiger partial charge on any atom is -0.493 e. The molecule has 0 saturated carbocycles. The number of hydrogen-bond donors (Lipinski definition) is 0. The molecule has 0 radical (unpaired) electrons. The van der Waals surface area contributed by atoms with Gasteiger partial charge >= 0.3 is 0 Å². The van der Waals surface area contributed by atoms with Crippen molar-refractivity contribution in [3.8, 4) is 12.1 Å². The predicted octanol–water partition coefficient (Wildman–Crippen LogP) is 2.38. The van der Waals surface area contributed by atoms with E-state index in [9.17, 15) is 0 Å². The summed E-state index contributed by atoms with van der Waals surface area (Å²) >= 11 is 0. The largest absolute Gasteiger partial charge is 0.493 e. The van der Waals surface area contributed by atoms with E-state index in [4.69, 9.17) is 15.3 Å². The number of nitriles is 2. The van der Waals surface area contributed by atoms with Crippen molar-refractivity contribution in [3.63, 3.8) is 0 Å². The summed E-state index contributed by atoms with van der Waals surface area (Å²) in [6.45, 7) is 2.36. The fourth-order valence-corrected chi connectivity index (χ4v) is 1.16. The molecule has 0 amide bonds. The molecule has 1 rings (SSSR count). The predicted molar refractivity (Wildman–Crippen MR) is 56.2 cm³/mol. The Bertz CT molecular complexity index is 423. The van der Waals surface area contributed by atoms with E-state index in [2.05, 4.69) is 0 Å². The van der Waals surface area contributed by atoms with Gasteiger partial charge in [-0.25, -0.2) is 0 Å². The van der Waals surface area contributed by atoms with Gasteiger partial charge in [-0.2, -0.15) is 10.5 Å². The van der Waals surface area contributed by atoms with E-state index < -0.39 is 0 Å². The highest BCUT2D eigenvalue weighted by atomic mass is 16.5. The maximum absolute atomic E-state index is 8.79. The number of hydrogen-bond acceptors (Lipinski definition) is 3. The van der Waals surface area contributed by atoms with E-state index in [1.165, 1.54) is 0 Å². The summed E-state index contributed by atoms with van der Waals surface area (Å²) in [5, 5.41) is 17.6. The normalized spacial score (nSPS) is 13.5. The van der Waals surface area contributed by atoms with Crippen LogP contribution in [0.1, 0.15) is 6.92 Å². The van der Waals surface area contributed by atoms with Crippen molar-refractivity contribution in [2.75, 3.05) is 6.61 Å². The zero-order valence-electron chi connectivity index (χ0n) is 8.40. The van der Waals surface area contributed by atoms with Gasteiger partial charge in [-0.3, -0.25) is 0 Å². The minimum absolute atomic E-state index is 0.0645. The van der Waals surface area contributed by atoms with Gasteiger partial charge in [0.2, 0.25) is 0 Å². The lowest BCUT2D eigenvalue weighted by Gasteiger charge is -2.08. The third-order valence-corrected chi connectivity index (χ3v) is 1.79. The van der Waals surface area contributed by atoms with Crippen LogP contribution in [0.2, 0.25) is 0 Å². The minimum atomic E-state index is 0.0645. The zero-order chi connectivity index (χ0) is 11.1. The monoisotopic (exact) mass is 198 g/mol. The Kier molecular flexibility index (Phi) is 3.94. The summed E-state index contributed by atoms with van der Waals surface area (Å²) in [5.74, 6) is 0.556. The summed E-state index contributed by atoms with van der Waals surface area (Å²) in [6.07, 6.45) is 8.84. The van der Waals surface area contributed by atoms with Crippen molar-refractivity contribution < 1.29 is 4.74 Å². The van der Waals surface area contributed by atoms with Crippen LogP contribution >= 0.6 is 0 Å². The fourth-order valence-electron chi connectivity index (χ4n) is 1.16. The van der Waals surface area contributed by atoms with Crippen molar-refractivity contribution in [3.05, 3.63) is 47.3 Å². The Hall–Kier alpha value is -2.26. The second kappa shape index (κ2) is 5.47. The number of nitrogens with zero attached hydrogens (tertiary/aromatic N) is 2. The van der Waals surface area contributed by atoms with E-state index in [1.54, 1.807) is 24.3 Å². The molecular weight excluding hydrogens is 188 g/mol. The van der Waals surface area contributed by atoms with Gasteiger partial charge in [-0.05, 0) is 19.1 Å². The van der Waals surface area contributed by atoms with Crippen molar-refractivity contribution >= 4 is 0 Å². The van der Waals surface area contributed by atoms with Gasteiger partial charge in [0, 0.05) is 5.57 Å². The summed E-state index contributed by atoms with van der Waals surface area (Å²) in [5.41, 5.74) is 0.599. The van der Waals surface area contributed by atoms with Crippen molar-refractivity contribution in [2.24, 2.45) is 0 Å². The van der Waals surface area contributed by atoms with E-state index in [-0.39, 0.29) is 5.57 Å². The topological polar surface area (TPSA) is 56.8 Å². The van der Waals surface area contributed by atoms with Crippen molar-refractivity contribution in [1.29, 1.82) is 10.5 Å². The van der Waals surface area contributed by atoms with Crippen LogP contribution in [0.5, 0.6) is 0 Å². The SMILES string of the molecule is CCOC1=CC=CC=CC1=C(C#N)C#N. The lowest BCUT2D eigenvalue weighted by Crippen LogP contribution is -1.96. The molecule has 1 aliphatic rings. The second-order valence-electron chi connectivity index (χ2n) is 2.72. The van der Waals surface area contributed by atoms with Crippen LogP contribution in [0.3, 0.4) is 0 Å². The van der Waals surface area contributed by atoms with Crippen LogP contribution < -0.4 is 0 Å². The first-order valence-electron chi connectivity index (χ1n) is 4.56. The van der Waals surface area contributed by atoms with Crippen LogP contribution in [-0.2, 0) is 4.74 Å². The van der Waals surface area contributed by atoms with E-state index in [0.717, 1.165) is 0 Å². The van der Waals surface area contributed by atoms with Crippen LogP contribution in [0, 0.1) is 22.7 Å². The molecule has 0 spiro atoms. The van der Waals surface area contributed by atoms with Gasteiger partial charge < -0.3 is 4.74 Å². The Balaban J connectivity index is 3.22. The summed E-state index contributed by atoms with van der Waals surface area (Å²) in [6, 6.07) is 3.71. The lowest BCUT2D eigenvalue weighted by atomic mass is 10.1. The lowest BCUT2D eigenvalue weighted by molar-refractivity contribution is 0.239. The zero-order valence-corrected chi connectivity index (χ0v) is 8.40.